The third kappa shape index (κ3) is 18.7. The van der Waals surface area contributed by atoms with E-state index in [0.29, 0.717) is 0 Å². The van der Waals surface area contributed by atoms with Crippen LogP contribution < -0.4 is 10.6 Å². The lowest BCUT2D eigenvalue weighted by molar-refractivity contribution is -0.408. The number of rotatable bonds is 27. The summed E-state index contributed by atoms with van der Waals surface area (Å²) in [5, 5.41) is 301. The highest BCUT2D eigenvalue weighted by molar-refractivity contribution is 5.73. The van der Waals surface area contributed by atoms with Crippen LogP contribution in [0.1, 0.15) is 13.8 Å². The highest BCUT2D eigenvalue weighted by atomic mass is 16.8. The maximum atomic E-state index is 12.9. The van der Waals surface area contributed by atoms with Gasteiger partial charge in [0.05, 0.1) is 59.5 Å². The van der Waals surface area contributed by atoms with Crippen molar-refractivity contribution in [3.8, 4) is 0 Å². The van der Waals surface area contributed by atoms with Crippen molar-refractivity contribution in [2.75, 3.05) is 59.5 Å². The average molecular weight is 1560 g/mol. The molecule has 0 bridgehead atoms. The molecule has 9 saturated heterocycles. The molecule has 0 radical (unpaired) electrons. The molecule has 0 spiro atoms. The molecule has 0 aromatic heterocycles. The zero-order valence-electron chi connectivity index (χ0n) is 56.2. The first-order valence-electron chi connectivity index (χ1n) is 33.7. The molecular formula is C58H98N2O46. The van der Waals surface area contributed by atoms with Crippen molar-refractivity contribution >= 4 is 11.8 Å². The molecule has 9 aliphatic rings. The fraction of sp³-hybridized carbons (Fsp3) is 0.966. The van der Waals surface area contributed by atoms with E-state index in [2.05, 4.69) is 10.6 Å². The van der Waals surface area contributed by atoms with Gasteiger partial charge in [-0.15, -0.1) is 0 Å². The Morgan fingerprint density at radius 3 is 0.925 bits per heavy atom. The van der Waals surface area contributed by atoms with Crippen LogP contribution >= 0.6 is 0 Å². The SMILES string of the molecule is CC(=O)N[C@@H]1[C@@H](O)[C@H](O[C@@H]2O[C@H](CO)[C@@H](O[C@@H]3O[C@H](CO[C@H]4O[C@H](CO[C@H]5O[C@H](CO)[C@@H](O)[C@H](O)[C@@H]5O)[C@@H](O)[C@H](O[C@@H]5O[C@H](CO)[C@@H](O)[C@H](O)[C@@H]5O)[C@H]4O)[C@@H](O)[C@H](O[C@H]4O[C@H](CO)[C@@H](O)[C@H](O)[C@@H]4O[C@H]4O[C@H](CO)[C@@H](O)[C@H](O)[C@@H]4O[C@H]4O[C@H](CO)[C@@H](O)[C@H](O)[C@@H]4O)[C@@H]3O)[C@H](O)[C@H]2NC(C)=O)[C@@H](CO)O[C@H]1O. The molecule has 29 N–H and O–H groups in total. The van der Waals surface area contributed by atoms with Crippen molar-refractivity contribution in [3.63, 3.8) is 0 Å². The van der Waals surface area contributed by atoms with Crippen molar-refractivity contribution in [3.05, 3.63) is 0 Å². The second-order valence-corrected chi connectivity index (χ2v) is 26.7. The van der Waals surface area contributed by atoms with Crippen LogP contribution in [0.15, 0.2) is 0 Å². The smallest absolute Gasteiger partial charge is 0.217 e. The fourth-order valence-corrected chi connectivity index (χ4v) is 13.5. The first kappa shape index (κ1) is 87.2. The van der Waals surface area contributed by atoms with Gasteiger partial charge in [0.25, 0.3) is 0 Å². The van der Waals surface area contributed by atoms with Gasteiger partial charge in [0.2, 0.25) is 11.8 Å². The van der Waals surface area contributed by atoms with E-state index in [1.165, 1.54) is 0 Å². The molecule has 106 heavy (non-hydrogen) atoms. The molecule has 9 rings (SSSR count). The molecule has 0 saturated carbocycles. The van der Waals surface area contributed by atoms with Crippen LogP contribution in [0, 0.1) is 0 Å². The van der Waals surface area contributed by atoms with Gasteiger partial charge in [-0.05, 0) is 0 Å². The molecule has 48 nitrogen and oxygen atoms in total. The topological polar surface area (TPSA) is 761 Å². The van der Waals surface area contributed by atoms with E-state index in [4.69, 9.17) is 80.5 Å². The molecule has 2 amide bonds. The highest BCUT2D eigenvalue weighted by Gasteiger charge is 2.60. The summed E-state index contributed by atoms with van der Waals surface area (Å²) in [4.78, 5) is 25.1. The summed E-state index contributed by atoms with van der Waals surface area (Å²) in [6.45, 7) is -7.74. The zero-order valence-corrected chi connectivity index (χ0v) is 56.2. The van der Waals surface area contributed by atoms with Gasteiger partial charge < -0.3 is 229 Å². The molecule has 0 aromatic rings. The van der Waals surface area contributed by atoms with Crippen molar-refractivity contribution in [1.29, 1.82) is 0 Å². The number of aliphatic hydroxyl groups excluding tert-OH is 27. The summed E-state index contributed by atoms with van der Waals surface area (Å²) in [7, 11) is 0. The molecular weight excluding hydrogens is 1460 g/mol. The Labute approximate surface area is 598 Å². The number of hydrogen-bond acceptors (Lipinski definition) is 46. The van der Waals surface area contributed by atoms with Crippen LogP contribution in [0.5, 0.6) is 0 Å². The minimum atomic E-state index is -2.58. The number of nitrogens with one attached hydrogen (secondary N) is 2. The average Bonchev–Trinajstić information content (AvgIpc) is 0.771. The molecule has 45 atom stereocenters. The predicted octanol–water partition coefficient (Wildman–Crippen LogP) is -20.3. The van der Waals surface area contributed by atoms with Crippen molar-refractivity contribution in [1.82, 2.24) is 10.6 Å². The summed E-state index contributed by atoms with van der Waals surface area (Å²) >= 11 is 0. The third-order valence-electron chi connectivity index (χ3n) is 19.5. The highest BCUT2D eigenvalue weighted by Crippen LogP contribution is 2.40. The van der Waals surface area contributed by atoms with Crippen LogP contribution in [0.2, 0.25) is 0 Å². The Morgan fingerprint density at radius 2 is 0.509 bits per heavy atom. The van der Waals surface area contributed by atoms with Crippen molar-refractivity contribution in [2.24, 2.45) is 0 Å². The van der Waals surface area contributed by atoms with Crippen LogP contribution in [0.3, 0.4) is 0 Å². The Hall–Kier alpha value is -2.82. The normalized spacial score (nSPS) is 51.2. The van der Waals surface area contributed by atoms with Gasteiger partial charge in [-0.2, -0.15) is 0 Å². The van der Waals surface area contributed by atoms with E-state index in [-0.39, 0.29) is 0 Å². The van der Waals surface area contributed by atoms with Crippen LogP contribution in [-0.4, -0.2) is 485 Å². The lowest BCUT2D eigenvalue weighted by atomic mass is 9.94. The van der Waals surface area contributed by atoms with Crippen molar-refractivity contribution < 1.29 is 228 Å². The maximum Gasteiger partial charge on any atom is 0.217 e. The molecule has 48 heteroatoms. The van der Waals surface area contributed by atoms with Crippen LogP contribution in [0.25, 0.3) is 0 Å². The number of amides is 2. The largest absolute Gasteiger partial charge is 0.394 e. The molecule has 0 aliphatic carbocycles. The molecule has 9 aliphatic heterocycles. The van der Waals surface area contributed by atoms with Gasteiger partial charge in [-0.25, -0.2) is 0 Å². The summed E-state index contributed by atoms with van der Waals surface area (Å²) in [5.74, 6) is -1.73. The lowest BCUT2D eigenvalue weighted by Gasteiger charge is -2.51. The number of hydrogen-bond donors (Lipinski definition) is 29. The van der Waals surface area contributed by atoms with Gasteiger partial charge in [-0.1, -0.05) is 0 Å². The van der Waals surface area contributed by atoms with E-state index in [1.54, 1.807) is 0 Å². The third-order valence-corrected chi connectivity index (χ3v) is 19.5. The van der Waals surface area contributed by atoms with E-state index >= 15 is 0 Å². The minimum Gasteiger partial charge on any atom is -0.394 e. The van der Waals surface area contributed by atoms with Gasteiger partial charge in [0, 0.05) is 13.8 Å². The zero-order chi connectivity index (χ0) is 77.9. The van der Waals surface area contributed by atoms with Crippen molar-refractivity contribution in [2.45, 2.75) is 290 Å². The summed E-state index contributed by atoms with van der Waals surface area (Å²) in [5.41, 5.74) is 0. The van der Waals surface area contributed by atoms with Crippen LogP contribution in [-0.2, 0) is 90.1 Å². The summed E-state index contributed by atoms with van der Waals surface area (Å²) < 4.78 is 98.9. The van der Waals surface area contributed by atoms with Gasteiger partial charge in [0.1, 0.15) is 220 Å². The lowest BCUT2D eigenvalue weighted by Crippen LogP contribution is -2.70. The quantitative estimate of drug-likeness (QED) is 0.0363. The Morgan fingerprint density at radius 1 is 0.245 bits per heavy atom. The molecule has 616 valence electrons. The fourth-order valence-electron chi connectivity index (χ4n) is 13.5. The second-order valence-electron chi connectivity index (χ2n) is 26.7. The van der Waals surface area contributed by atoms with Gasteiger partial charge >= 0.3 is 0 Å². The van der Waals surface area contributed by atoms with E-state index in [9.17, 15) is 147 Å². The van der Waals surface area contributed by atoms with Gasteiger partial charge in [0.15, 0.2) is 56.6 Å². The van der Waals surface area contributed by atoms with E-state index < -0.39 is 348 Å². The predicted molar refractivity (Wildman–Crippen MR) is 320 cm³/mol. The van der Waals surface area contributed by atoms with E-state index in [0.717, 1.165) is 13.8 Å². The standard InChI is InChI=1S/C58H98N2O46/c1-12(68)59-23-32(77)44(19(8-66)92-50(23)89)101-51-24(60-13(2)69)33(78)45(20(9-67)98-51)102-56-43(88)47(104-57-49(38(83)29(74)17(6-64)96-57)106-58-48(37(82)28(73)18(7-65)97-58)105-55-41(86)36(81)27(72)16(5-63)95-55)31(76)22(100-56)11-91-53-42(87)46(103-54-40(85)35(80)26(71)15(4-62)94-54)30(75)21(99-53)10-90-52-39(84)34(79)25(70)14(3-61)93-52/h14-58,61-67,70-89H,3-11H2,1-2H3,(H,59,68)(H,60,69)/t14-,15-,16-,17-,18-,19-,20-,21-,22-,23-,24-,25-,26-,27-,28-,29-,30-,31-,32-,33-,34+,35+,36+,37+,38+,39+,40+,41+,42-,43+,44-,45-,46+,47+,48+,49+,50-,51+,52+,53+,54+,55-,56+,57-,58-/m1/s1. The van der Waals surface area contributed by atoms with Gasteiger partial charge in [-0.3, -0.25) is 9.59 Å². The molecule has 9 heterocycles. The number of carbonyl (C=O) groups is 2. The first-order valence-corrected chi connectivity index (χ1v) is 33.7. The first-order chi connectivity index (χ1) is 50.2. The van der Waals surface area contributed by atoms with E-state index in [1.807, 2.05) is 0 Å². The molecule has 0 unspecified atom stereocenters. The minimum absolute atomic E-state index is 0.788. The maximum absolute atomic E-state index is 12.9. The number of ether oxygens (including phenoxy) is 17. The summed E-state index contributed by atoms with van der Waals surface area (Å²) in [6, 6.07) is -3.57. The monoisotopic (exact) mass is 1560 g/mol. The Balaban J connectivity index is 1.06. The Kier molecular flexibility index (Phi) is 31.1. The number of carbonyl (C=O) groups excluding carboxylic acids is 2. The molecule has 0 aromatic carbocycles. The van der Waals surface area contributed by atoms with Crippen LogP contribution in [0.4, 0.5) is 0 Å². The molecule has 9 fully saturated rings. The number of aliphatic hydroxyl groups is 27. The second kappa shape index (κ2) is 37.9. The Bertz CT molecular complexity index is 2710. The summed E-state index contributed by atoms with van der Waals surface area (Å²) in [6.07, 6.45) is -90.8.